The summed E-state index contributed by atoms with van der Waals surface area (Å²) in [6.45, 7) is 49.3. The largest absolute Gasteiger partial charge is 0.310 e. The van der Waals surface area contributed by atoms with Gasteiger partial charge in [-0.3, -0.25) is 0 Å². The Morgan fingerprint density at radius 2 is 0.609 bits per heavy atom. The molecule has 4 heteroatoms. The highest BCUT2D eigenvalue weighted by Crippen LogP contribution is 2.56. The first-order chi connectivity index (χ1) is 52.0. The Morgan fingerprint density at radius 3 is 1.03 bits per heavy atom. The van der Waals surface area contributed by atoms with Gasteiger partial charge in [-0.15, -0.1) is 0 Å². The second-order valence-corrected chi connectivity index (χ2v) is 38.7. The van der Waals surface area contributed by atoms with Crippen molar-refractivity contribution in [1.29, 1.82) is 0 Å². The molecule has 0 amide bonds. The second kappa shape index (κ2) is 26.5. The van der Waals surface area contributed by atoms with Crippen LogP contribution in [0.15, 0.2) is 273 Å². The minimum Gasteiger partial charge on any atom is -0.310 e. The lowest BCUT2D eigenvalue weighted by Gasteiger charge is -2.46. The number of nitrogens with zero attached hydrogens (tertiary/aromatic N) is 3. The van der Waals surface area contributed by atoms with Crippen LogP contribution in [-0.2, 0) is 37.9 Å². The molecule has 0 saturated carbocycles. The molecule has 0 unspecified atom stereocenters. The molecule has 2 aliphatic heterocycles. The predicted molar refractivity (Wildman–Crippen MR) is 478 cm³/mol. The lowest BCUT2D eigenvalue weighted by Crippen LogP contribution is -2.61. The molecule has 14 aromatic rings. The van der Waals surface area contributed by atoms with Crippen LogP contribution in [0.4, 0.5) is 34.1 Å². The molecule has 2 aliphatic rings. The van der Waals surface area contributed by atoms with Crippen molar-refractivity contribution in [2.24, 2.45) is 0 Å². The molecule has 16 rings (SSSR count). The highest BCUT2D eigenvalue weighted by atomic mass is 15.2. The summed E-state index contributed by atoms with van der Waals surface area (Å²) in [5.74, 6) is 0. The zero-order chi connectivity index (χ0) is 77.7. The molecule has 0 aliphatic carbocycles. The molecule has 0 radical (unpaired) electrons. The minimum absolute atomic E-state index is 0.0668. The van der Waals surface area contributed by atoms with E-state index >= 15 is 0 Å². The first kappa shape index (κ1) is 73.5. The molecule has 110 heavy (non-hydrogen) atoms. The van der Waals surface area contributed by atoms with E-state index in [1.807, 2.05) is 0 Å². The van der Waals surface area contributed by atoms with Gasteiger partial charge in [-0.2, -0.15) is 0 Å². The van der Waals surface area contributed by atoms with Crippen LogP contribution >= 0.6 is 0 Å². The molecule has 0 atom stereocenters. The minimum atomic E-state index is -0.276. The molecular weight excluding hydrogens is 1330 g/mol. The Hall–Kier alpha value is -10.7. The third kappa shape index (κ3) is 13.1. The van der Waals surface area contributed by atoms with E-state index in [1.54, 1.807) is 0 Å². The lowest BCUT2D eigenvalue weighted by atomic mass is 9.33. The Kier molecular flexibility index (Phi) is 17.7. The zero-order valence-corrected chi connectivity index (χ0v) is 68.9. The van der Waals surface area contributed by atoms with Crippen LogP contribution in [-0.4, -0.2) is 11.3 Å². The molecule has 0 spiro atoms. The maximum Gasteiger partial charge on any atom is 0.252 e. The topological polar surface area (TPSA) is 11.4 Å². The third-order valence-electron chi connectivity index (χ3n) is 23.6. The standard InChI is InChI=1S/C106H108BN3/c1-100(2,3)74-44-34-43-71(55-74)72-45-52-93-90(56-72)107-89-51-49-80(108-91-53-47-75(101(4,5)6)59-86(91)87-60-76(102(7,8)9)48-54-92(87)108)66-94(89)110(99-84(69-39-30-24-31-40-69)63-79(105(16,17)18)64-85(99)70-41-32-25-33-42-70)96-58-73(81-50-46-77(103(10,11)12)65-88(81)106(19,20)21)57-95(97(96)107)109(93)98-82(67-35-26-22-27-36-67)61-78(104(13,14)15)62-83(98)68-37-28-23-29-38-68/h22-66H,1-21H3. The second-order valence-electron chi connectivity index (χ2n) is 38.7. The van der Waals surface area contributed by atoms with Gasteiger partial charge in [0.1, 0.15) is 0 Å². The van der Waals surface area contributed by atoms with E-state index in [-0.39, 0.29) is 44.6 Å². The van der Waals surface area contributed by atoms with Crippen molar-refractivity contribution < 1.29 is 0 Å². The molecule has 0 fully saturated rings. The van der Waals surface area contributed by atoms with Gasteiger partial charge < -0.3 is 14.4 Å². The van der Waals surface area contributed by atoms with Crippen LogP contribution < -0.4 is 26.2 Å². The van der Waals surface area contributed by atoms with Crippen molar-refractivity contribution in [2.45, 2.75) is 183 Å². The van der Waals surface area contributed by atoms with Gasteiger partial charge in [-0.05, 0) is 217 Å². The summed E-state index contributed by atoms with van der Waals surface area (Å²) in [6, 6.07) is 107. The highest BCUT2D eigenvalue weighted by molar-refractivity contribution is 7.00. The van der Waals surface area contributed by atoms with E-state index in [0.717, 1.165) is 67.6 Å². The van der Waals surface area contributed by atoms with E-state index < -0.39 is 0 Å². The van der Waals surface area contributed by atoms with Gasteiger partial charge in [0.25, 0.3) is 6.71 Å². The SMILES string of the molecule is CC(C)(C)c1cccc(-c2ccc3c(c2)B2c4ccc(-n5c6ccc(C(C)(C)C)cc6c6cc(C(C)(C)C)ccc65)cc4N(c4c(-c5ccccc5)cc(C(C)(C)C)cc4-c4ccccc4)c4cc(-c5ccc(C(C)(C)C)cc5C(C)(C)C)cc(c42)N3c2c(-c3ccccc3)cc(C(C)(C)C)cc2-c2ccccc2)c1. The molecule has 0 saturated heterocycles. The van der Waals surface area contributed by atoms with Crippen LogP contribution in [0.1, 0.15) is 184 Å². The third-order valence-corrected chi connectivity index (χ3v) is 23.6. The number of hydrogen-bond acceptors (Lipinski definition) is 2. The molecule has 0 bridgehead atoms. The average molecular weight is 1430 g/mol. The van der Waals surface area contributed by atoms with Crippen molar-refractivity contribution in [3.63, 3.8) is 0 Å². The van der Waals surface area contributed by atoms with Crippen LogP contribution in [0.5, 0.6) is 0 Å². The van der Waals surface area contributed by atoms with Gasteiger partial charge in [0.2, 0.25) is 0 Å². The van der Waals surface area contributed by atoms with Gasteiger partial charge in [0.15, 0.2) is 0 Å². The van der Waals surface area contributed by atoms with Gasteiger partial charge in [0, 0.05) is 61.5 Å². The fraction of sp³-hybridized carbons (Fsp3) is 0.264. The number of fused-ring (bicyclic) bond motifs is 7. The Bertz CT molecular complexity index is 5730. The van der Waals surface area contributed by atoms with E-state index in [9.17, 15) is 0 Å². The summed E-state index contributed by atoms with van der Waals surface area (Å²) in [6.07, 6.45) is 0. The summed E-state index contributed by atoms with van der Waals surface area (Å²) in [5, 5.41) is 2.53. The van der Waals surface area contributed by atoms with Crippen molar-refractivity contribution in [1.82, 2.24) is 4.57 Å². The zero-order valence-electron chi connectivity index (χ0n) is 68.9. The Balaban J connectivity index is 1.14. The van der Waals surface area contributed by atoms with Crippen molar-refractivity contribution in [2.75, 3.05) is 9.80 Å². The first-order valence-electron chi connectivity index (χ1n) is 40.0. The average Bonchev–Trinajstić information content (AvgIpc) is 0.710. The quantitative estimate of drug-likeness (QED) is 0.133. The molecule has 550 valence electrons. The predicted octanol–water partition coefficient (Wildman–Crippen LogP) is 28.0. The summed E-state index contributed by atoms with van der Waals surface area (Å²) in [5.41, 5.74) is 36.3. The summed E-state index contributed by atoms with van der Waals surface area (Å²) < 4.78 is 2.58. The maximum absolute atomic E-state index is 2.77. The number of hydrogen-bond donors (Lipinski definition) is 0. The highest BCUT2D eigenvalue weighted by Gasteiger charge is 2.47. The normalized spacial score (nSPS) is 13.4. The Morgan fingerprint density at radius 1 is 0.227 bits per heavy atom. The fourth-order valence-corrected chi connectivity index (χ4v) is 17.2. The van der Waals surface area contributed by atoms with Crippen LogP contribution in [0.3, 0.4) is 0 Å². The van der Waals surface area contributed by atoms with Crippen LogP contribution in [0.2, 0.25) is 0 Å². The van der Waals surface area contributed by atoms with Crippen LogP contribution in [0.25, 0.3) is 94.3 Å². The van der Waals surface area contributed by atoms with Crippen molar-refractivity contribution in [3.05, 3.63) is 312 Å². The molecule has 0 N–H and O–H groups in total. The number of benzene rings is 13. The summed E-state index contributed by atoms with van der Waals surface area (Å²) in [4.78, 5) is 5.52. The Labute approximate surface area is 656 Å². The monoisotopic (exact) mass is 1430 g/mol. The van der Waals surface area contributed by atoms with Crippen molar-refractivity contribution in [3.8, 4) is 72.4 Å². The molecular formula is C106H108BN3. The molecule has 3 nitrogen and oxygen atoms in total. The van der Waals surface area contributed by atoms with Gasteiger partial charge in [-0.25, -0.2) is 0 Å². The number of anilines is 6. The van der Waals surface area contributed by atoms with Crippen molar-refractivity contribution >= 4 is 79.0 Å². The maximum atomic E-state index is 2.77. The van der Waals surface area contributed by atoms with E-state index in [1.165, 1.54) is 116 Å². The van der Waals surface area contributed by atoms with E-state index in [0.29, 0.717) is 0 Å². The lowest BCUT2D eigenvalue weighted by molar-refractivity contribution is 0.569. The van der Waals surface area contributed by atoms with E-state index in [2.05, 4.69) is 433 Å². The first-order valence-corrected chi connectivity index (χ1v) is 40.0. The number of aromatic nitrogens is 1. The fourth-order valence-electron chi connectivity index (χ4n) is 17.2. The smallest absolute Gasteiger partial charge is 0.252 e. The van der Waals surface area contributed by atoms with Gasteiger partial charge >= 0.3 is 0 Å². The summed E-state index contributed by atoms with van der Waals surface area (Å²) in [7, 11) is 0. The molecule has 13 aromatic carbocycles. The summed E-state index contributed by atoms with van der Waals surface area (Å²) >= 11 is 0. The molecule has 3 heterocycles. The molecule has 1 aromatic heterocycles. The van der Waals surface area contributed by atoms with E-state index in [4.69, 9.17) is 0 Å². The number of rotatable bonds is 9. The van der Waals surface area contributed by atoms with Gasteiger partial charge in [-0.1, -0.05) is 340 Å². The van der Waals surface area contributed by atoms with Crippen LogP contribution in [0, 0.1) is 0 Å². The van der Waals surface area contributed by atoms with Gasteiger partial charge in [0.05, 0.1) is 22.4 Å².